The second kappa shape index (κ2) is 19.5. The number of hydrogen-bond donors (Lipinski definition) is 0. The molecule has 0 aromatic rings. The van der Waals surface area contributed by atoms with Gasteiger partial charge in [-0.2, -0.15) is 0 Å². The van der Waals surface area contributed by atoms with Crippen LogP contribution in [0.15, 0.2) is 11.9 Å². The lowest BCUT2D eigenvalue weighted by Gasteiger charge is -2.29. The summed E-state index contributed by atoms with van der Waals surface area (Å²) >= 11 is 0. The van der Waals surface area contributed by atoms with E-state index in [1.165, 1.54) is 121 Å². The minimum absolute atomic E-state index is 0.747. The van der Waals surface area contributed by atoms with Gasteiger partial charge in [-0.1, -0.05) is 123 Å². The summed E-state index contributed by atoms with van der Waals surface area (Å²) in [6, 6.07) is 0. The van der Waals surface area contributed by atoms with E-state index in [0.717, 1.165) is 0 Å². The van der Waals surface area contributed by atoms with Gasteiger partial charge in [-0.15, -0.1) is 0 Å². The zero-order valence-electron chi connectivity index (χ0n) is 19.0. The van der Waals surface area contributed by atoms with Gasteiger partial charge < -0.3 is 4.90 Å². The van der Waals surface area contributed by atoms with Crippen molar-refractivity contribution < 1.29 is 0 Å². The molecule has 0 radical (unpaired) electrons. The topological polar surface area (TPSA) is 3.24 Å². The molecule has 0 aliphatic carbocycles. The number of nitrogens with zero attached hydrogens (tertiary/aromatic N) is 1. The van der Waals surface area contributed by atoms with Gasteiger partial charge in [-0.05, 0) is 18.2 Å². The van der Waals surface area contributed by atoms with Crippen LogP contribution >= 0.6 is 0 Å². The average molecular weight is 382 g/mol. The minimum atomic E-state index is -0.747. The van der Waals surface area contributed by atoms with Gasteiger partial charge in [0, 0.05) is 13.1 Å². The highest BCUT2D eigenvalue weighted by Gasteiger charge is 2.11. The van der Waals surface area contributed by atoms with Crippen molar-refractivity contribution in [1.29, 1.82) is 0 Å². The largest absolute Gasteiger partial charge is 0.379 e. The molecule has 0 unspecified atom stereocenters. The van der Waals surface area contributed by atoms with Gasteiger partial charge in [0.2, 0.25) is 0 Å². The molecule has 156 valence electrons. The summed E-state index contributed by atoms with van der Waals surface area (Å²) in [4.78, 5) is 2.66. The lowest BCUT2D eigenvalue weighted by molar-refractivity contribution is 0.339. The lowest BCUT2D eigenvalue weighted by Crippen LogP contribution is -2.31. The average Bonchev–Trinajstić information content (AvgIpc) is 2.63. The Labute approximate surface area is 168 Å². The zero-order chi connectivity index (χ0) is 19.5. The number of rotatable bonds is 20. The van der Waals surface area contributed by atoms with Crippen LogP contribution < -0.4 is 0 Å². The molecule has 0 aromatic carbocycles. The van der Waals surface area contributed by atoms with E-state index in [0.29, 0.717) is 0 Å². The first-order valence-electron chi connectivity index (χ1n) is 12.1. The standard InChI is InChI=1S/C24H51NSi/c1-6-8-10-12-14-16-18-20-22-25(24(3)26(4)5)23-21-19-17-15-13-11-9-7-2/h26H,3,6-23H2,1-2,4-5H3. The van der Waals surface area contributed by atoms with Crippen molar-refractivity contribution in [3.8, 4) is 0 Å². The molecular formula is C24H51NSi. The Hall–Kier alpha value is -0.243. The first kappa shape index (κ1) is 25.8. The highest BCUT2D eigenvalue weighted by Crippen LogP contribution is 2.14. The van der Waals surface area contributed by atoms with Crippen LogP contribution in [0, 0.1) is 0 Å². The van der Waals surface area contributed by atoms with Crippen LogP contribution in [0.2, 0.25) is 13.1 Å². The number of unbranched alkanes of at least 4 members (excludes halogenated alkanes) is 14. The third-order valence-electron chi connectivity index (χ3n) is 5.64. The van der Waals surface area contributed by atoms with Gasteiger partial charge in [0.1, 0.15) is 0 Å². The Morgan fingerprint density at radius 1 is 0.577 bits per heavy atom. The highest BCUT2D eigenvalue weighted by molar-refractivity contribution is 6.63. The maximum atomic E-state index is 4.44. The van der Waals surface area contributed by atoms with E-state index in [4.69, 9.17) is 0 Å². The molecular weight excluding hydrogens is 330 g/mol. The summed E-state index contributed by atoms with van der Waals surface area (Å²) in [5, 5.41) is 1.50. The lowest BCUT2D eigenvalue weighted by atomic mass is 10.1. The van der Waals surface area contributed by atoms with E-state index < -0.39 is 8.80 Å². The molecule has 0 fully saturated rings. The van der Waals surface area contributed by atoms with Crippen molar-refractivity contribution in [2.75, 3.05) is 13.1 Å². The summed E-state index contributed by atoms with van der Waals surface area (Å²) in [6.07, 6.45) is 22.6. The summed E-state index contributed by atoms with van der Waals surface area (Å²) in [5.74, 6) is 0. The van der Waals surface area contributed by atoms with Crippen molar-refractivity contribution in [1.82, 2.24) is 4.90 Å². The van der Waals surface area contributed by atoms with Gasteiger partial charge in [0.05, 0.1) is 8.80 Å². The first-order chi connectivity index (χ1) is 12.6. The molecule has 0 aliphatic heterocycles. The second-order valence-corrected chi connectivity index (χ2v) is 11.6. The minimum Gasteiger partial charge on any atom is -0.379 e. The van der Waals surface area contributed by atoms with Crippen molar-refractivity contribution in [2.45, 2.75) is 130 Å². The molecule has 0 spiro atoms. The monoisotopic (exact) mass is 381 g/mol. The number of hydrogen-bond acceptors (Lipinski definition) is 1. The van der Waals surface area contributed by atoms with Gasteiger partial charge >= 0.3 is 0 Å². The van der Waals surface area contributed by atoms with Crippen LogP contribution in [0.1, 0.15) is 117 Å². The molecule has 0 bridgehead atoms. The SMILES string of the molecule is C=C(N(CCCCCCCCCC)CCCCCCCCCC)[SiH](C)C. The summed E-state index contributed by atoms with van der Waals surface area (Å²) < 4.78 is 0. The zero-order valence-corrected chi connectivity index (χ0v) is 20.1. The van der Waals surface area contributed by atoms with Gasteiger partial charge in [0.25, 0.3) is 0 Å². The molecule has 0 saturated carbocycles. The fraction of sp³-hybridized carbons (Fsp3) is 0.917. The molecule has 0 aromatic heterocycles. The van der Waals surface area contributed by atoms with Crippen molar-refractivity contribution in [3.63, 3.8) is 0 Å². The van der Waals surface area contributed by atoms with Gasteiger partial charge in [-0.25, -0.2) is 0 Å². The molecule has 0 N–H and O–H groups in total. The molecule has 0 rings (SSSR count). The molecule has 2 heteroatoms. The fourth-order valence-corrected chi connectivity index (χ4v) is 4.63. The van der Waals surface area contributed by atoms with Crippen molar-refractivity contribution >= 4 is 8.80 Å². The first-order valence-corrected chi connectivity index (χ1v) is 15.0. The second-order valence-electron chi connectivity index (χ2n) is 8.58. The Morgan fingerprint density at radius 2 is 0.885 bits per heavy atom. The molecule has 0 atom stereocenters. The third-order valence-corrected chi connectivity index (χ3v) is 7.33. The van der Waals surface area contributed by atoms with Crippen molar-refractivity contribution in [2.24, 2.45) is 0 Å². The van der Waals surface area contributed by atoms with E-state index in [2.05, 4.69) is 38.4 Å². The maximum Gasteiger partial charge on any atom is 0.0843 e. The van der Waals surface area contributed by atoms with Gasteiger partial charge in [0.15, 0.2) is 0 Å². The molecule has 1 nitrogen and oxygen atoms in total. The highest BCUT2D eigenvalue weighted by atomic mass is 28.3. The normalized spacial score (nSPS) is 11.3. The van der Waals surface area contributed by atoms with E-state index in [1.807, 2.05) is 0 Å². The molecule has 0 saturated heterocycles. The van der Waals surface area contributed by atoms with E-state index >= 15 is 0 Å². The quantitative estimate of drug-likeness (QED) is 0.152. The molecule has 0 amide bonds. The van der Waals surface area contributed by atoms with Crippen LogP contribution in [0.25, 0.3) is 0 Å². The van der Waals surface area contributed by atoms with E-state index in [-0.39, 0.29) is 0 Å². The Kier molecular flexibility index (Phi) is 19.3. The fourth-order valence-electron chi connectivity index (χ4n) is 3.64. The molecule has 0 aliphatic rings. The molecule has 0 heterocycles. The van der Waals surface area contributed by atoms with Gasteiger partial charge in [-0.3, -0.25) is 0 Å². The smallest absolute Gasteiger partial charge is 0.0843 e. The van der Waals surface area contributed by atoms with E-state index in [1.54, 1.807) is 0 Å². The van der Waals surface area contributed by atoms with Crippen molar-refractivity contribution in [3.05, 3.63) is 11.9 Å². The van der Waals surface area contributed by atoms with Crippen LogP contribution in [0.3, 0.4) is 0 Å². The third kappa shape index (κ3) is 16.0. The summed E-state index contributed by atoms with van der Waals surface area (Å²) in [6.45, 7) is 16.4. The predicted molar refractivity (Wildman–Crippen MR) is 125 cm³/mol. The van der Waals surface area contributed by atoms with E-state index in [9.17, 15) is 0 Å². The van der Waals surface area contributed by atoms with Crippen LogP contribution in [-0.2, 0) is 0 Å². The Balaban J connectivity index is 3.80. The Bertz CT molecular complexity index is 281. The molecule has 26 heavy (non-hydrogen) atoms. The Morgan fingerprint density at radius 3 is 1.19 bits per heavy atom. The summed E-state index contributed by atoms with van der Waals surface area (Å²) in [7, 11) is -0.747. The van der Waals surface area contributed by atoms with Crippen LogP contribution in [-0.4, -0.2) is 26.8 Å². The van der Waals surface area contributed by atoms with Crippen LogP contribution in [0.4, 0.5) is 0 Å². The van der Waals surface area contributed by atoms with Crippen LogP contribution in [0.5, 0.6) is 0 Å². The maximum absolute atomic E-state index is 4.44. The summed E-state index contributed by atoms with van der Waals surface area (Å²) in [5.41, 5.74) is 0. The predicted octanol–water partition coefficient (Wildman–Crippen LogP) is 8.11.